The maximum Gasteiger partial charge on any atom is 0.275 e. The van der Waals surface area contributed by atoms with Crippen LogP contribution in [0.15, 0.2) is 4.47 Å². The van der Waals surface area contributed by atoms with Gasteiger partial charge in [-0.1, -0.05) is 0 Å². The van der Waals surface area contributed by atoms with E-state index in [2.05, 4.69) is 26.1 Å². The van der Waals surface area contributed by atoms with Gasteiger partial charge >= 0.3 is 0 Å². The maximum absolute atomic E-state index is 12.2. The molecule has 0 aromatic carbocycles. The van der Waals surface area contributed by atoms with Crippen molar-refractivity contribution in [3.8, 4) is 0 Å². The van der Waals surface area contributed by atoms with E-state index in [4.69, 9.17) is 4.74 Å². The van der Waals surface area contributed by atoms with Gasteiger partial charge in [0.1, 0.15) is 0 Å². The summed E-state index contributed by atoms with van der Waals surface area (Å²) in [6.45, 7) is 3.34. The molecule has 1 aliphatic heterocycles. The van der Waals surface area contributed by atoms with Crippen molar-refractivity contribution < 1.29 is 9.53 Å². The second-order valence-corrected chi connectivity index (χ2v) is 5.03. The molecular weight excluding hydrogens is 286 g/mol. The highest BCUT2D eigenvalue weighted by atomic mass is 79.9. The van der Waals surface area contributed by atoms with E-state index in [1.165, 1.54) is 0 Å². The Morgan fingerprint density at radius 2 is 2.18 bits per heavy atom. The molecule has 1 saturated heterocycles. The zero-order valence-electron chi connectivity index (χ0n) is 9.99. The van der Waals surface area contributed by atoms with E-state index in [1.807, 2.05) is 11.8 Å². The molecule has 0 bridgehead atoms. The summed E-state index contributed by atoms with van der Waals surface area (Å²) in [6.07, 6.45) is 2.07. The minimum Gasteiger partial charge on any atom is -0.381 e. The standard InChI is InChI=1S/C11H16BrN3O2/c1-7-9(12)10(14-13-7)11(16)15-5-3-8(17-2)4-6-15/h8H,3-6H2,1-2H3,(H,13,14). The van der Waals surface area contributed by atoms with Crippen molar-refractivity contribution in [3.63, 3.8) is 0 Å². The molecule has 6 heteroatoms. The van der Waals surface area contributed by atoms with Gasteiger partial charge < -0.3 is 9.64 Å². The summed E-state index contributed by atoms with van der Waals surface area (Å²) in [4.78, 5) is 14.0. The molecule has 1 amide bonds. The number of H-pyrrole nitrogens is 1. The Bertz CT molecular complexity index is 411. The fourth-order valence-corrected chi connectivity index (χ4v) is 2.35. The lowest BCUT2D eigenvalue weighted by atomic mass is 10.1. The van der Waals surface area contributed by atoms with Crippen LogP contribution in [-0.2, 0) is 4.74 Å². The average molecular weight is 302 g/mol. The van der Waals surface area contributed by atoms with Crippen molar-refractivity contribution >= 4 is 21.8 Å². The minimum atomic E-state index is -0.0178. The smallest absolute Gasteiger partial charge is 0.275 e. The highest BCUT2D eigenvalue weighted by Crippen LogP contribution is 2.21. The van der Waals surface area contributed by atoms with Crippen molar-refractivity contribution in [3.05, 3.63) is 15.9 Å². The number of carbonyl (C=O) groups is 1. The first-order valence-electron chi connectivity index (χ1n) is 5.66. The molecule has 1 aromatic rings. The van der Waals surface area contributed by atoms with Crippen molar-refractivity contribution in [2.75, 3.05) is 20.2 Å². The fourth-order valence-electron chi connectivity index (χ4n) is 2.00. The van der Waals surface area contributed by atoms with E-state index < -0.39 is 0 Å². The number of carbonyl (C=O) groups excluding carboxylic acids is 1. The van der Waals surface area contributed by atoms with Gasteiger partial charge in [0.25, 0.3) is 5.91 Å². The van der Waals surface area contributed by atoms with E-state index in [0.29, 0.717) is 5.69 Å². The van der Waals surface area contributed by atoms with E-state index in [-0.39, 0.29) is 12.0 Å². The Hall–Kier alpha value is -0.880. The average Bonchev–Trinajstić information content (AvgIpc) is 2.69. The number of nitrogens with one attached hydrogen (secondary N) is 1. The van der Waals surface area contributed by atoms with Crippen LogP contribution in [0.4, 0.5) is 0 Å². The van der Waals surface area contributed by atoms with Crippen molar-refractivity contribution in [2.45, 2.75) is 25.9 Å². The lowest BCUT2D eigenvalue weighted by Crippen LogP contribution is -2.40. The van der Waals surface area contributed by atoms with Crippen LogP contribution in [0.5, 0.6) is 0 Å². The molecule has 17 heavy (non-hydrogen) atoms. The molecular formula is C11H16BrN3O2. The van der Waals surface area contributed by atoms with Gasteiger partial charge in [-0.25, -0.2) is 0 Å². The first-order chi connectivity index (χ1) is 8.13. The number of halogens is 1. The number of likely N-dealkylation sites (tertiary alicyclic amines) is 1. The number of ether oxygens (including phenoxy) is 1. The number of rotatable bonds is 2. The monoisotopic (exact) mass is 301 g/mol. The van der Waals surface area contributed by atoms with Gasteiger partial charge in [0.15, 0.2) is 5.69 Å². The summed E-state index contributed by atoms with van der Waals surface area (Å²) in [5.74, 6) is -0.0178. The minimum absolute atomic E-state index is 0.0178. The second kappa shape index (κ2) is 5.18. The van der Waals surface area contributed by atoms with Gasteiger partial charge in [-0.3, -0.25) is 9.89 Å². The van der Waals surface area contributed by atoms with E-state index >= 15 is 0 Å². The van der Waals surface area contributed by atoms with Gasteiger partial charge in [-0.05, 0) is 35.7 Å². The SMILES string of the molecule is COC1CCN(C(=O)c2n[nH]c(C)c2Br)CC1. The third-order valence-corrected chi connectivity index (χ3v) is 4.11. The Morgan fingerprint density at radius 3 is 2.65 bits per heavy atom. The molecule has 2 rings (SSSR count). The Labute approximate surface area is 109 Å². The fraction of sp³-hybridized carbons (Fsp3) is 0.636. The molecule has 1 N–H and O–H groups in total. The molecule has 0 spiro atoms. The molecule has 0 saturated carbocycles. The van der Waals surface area contributed by atoms with E-state index in [0.717, 1.165) is 36.1 Å². The predicted octanol–water partition coefficient (Wildman–Crippen LogP) is 1.73. The normalized spacial score (nSPS) is 17.5. The van der Waals surface area contributed by atoms with Crippen molar-refractivity contribution in [1.82, 2.24) is 15.1 Å². The van der Waals surface area contributed by atoms with Crippen LogP contribution >= 0.6 is 15.9 Å². The first-order valence-corrected chi connectivity index (χ1v) is 6.45. The van der Waals surface area contributed by atoms with Crippen LogP contribution in [0.2, 0.25) is 0 Å². The molecule has 5 nitrogen and oxygen atoms in total. The summed E-state index contributed by atoms with van der Waals surface area (Å²) in [6, 6.07) is 0. The number of amides is 1. The van der Waals surface area contributed by atoms with Crippen LogP contribution in [0, 0.1) is 6.92 Å². The number of aryl methyl sites for hydroxylation is 1. The number of aromatic nitrogens is 2. The summed E-state index contributed by atoms with van der Waals surface area (Å²) in [5.41, 5.74) is 1.35. The topological polar surface area (TPSA) is 58.2 Å². The lowest BCUT2D eigenvalue weighted by molar-refractivity contribution is 0.0347. The number of piperidine rings is 1. The summed E-state index contributed by atoms with van der Waals surface area (Å²) in [5, 5.41) is 6.84. The zero-order chi connectivity index (χ0) is 12.4. The van der Waals surface area contributed by atoms with Crippen molar-refractivity contribution in [1.29, 1.82) is 0 Å². The van der Waals surface area contributed by atoms with Crippen LogP contribution in [0.25, 0.3) is 0 Å². The Morgan fingerprint density at radius 1 is 1.53 bits per heavy atom. The molecule has 1 fully saturated rings. The Kier molecular flexibility index (Phi) is 3.83. The number of aromatic amines is 1. The molecule has 0 radical (unpaired) electrons. The van der Waals surface area contributed by atoms with Gasteiger partial charge in [-0.15, -0.1) is 0 Å². The summed E-state index contributed by atoms with van der Waals surface area (Å²) < 4.78 is 6.04. The maximum atomic E-state index is 12.2. The van der Waals surface area contributed by atoms with E-state index in [1.54, 1.807) is 7.11 Å². The molecule has 94 valence electrons. The van der Waals surface area contributed by atoms with Gasteiger partial charge in [0.05, 0.1) is 10.6 Å². The third kappa shape index (κ3) is 2.52. The number of nitrogens with zero attached hydrogens (tertiary/aromatic N) is 2. The predicted molar refractivity (Wildman–Crippen MR) is 67.0 cm³/mol. The molecule has 2 heterocycles. The number of hydrogen-bond donors (Lipinski definition) is 1. The number of hydrogen-bond acceptors (Lipinski definition) is 3. The summed E-state index contributed by atoms with van der Waals surface area (Å²) in [7, 11) is 1.72. The molecule has 0 aliphatic carbocycles. The molecule has 1 aromatic heterocycles. The molecule has 0 unspecified atom stereocenters. The Balaban J connectivity index is 2.04. The number of methoxy groups -OCH3 is 1. The second-order valence-electron chi connectivity index (χ2n) is 4.24. The van der Waals surface area contributed by atoms with E-state index in [9.17, 15) is 4.79 Å². The van der Waals surface area contributed by atoms with Crippen LogP contribution in [0.1, 0.15) is 29.0 Å². The van der Waals surface area contributed by atoms with Crippen LogP contribution < -0.4 is 0 Å². The van der Waals surface area contributed by atoms with Gasteiger partial charge in [0, 0.05) is 25.9 Å². The van der Waals surface area contributed by atoms with Crippen LogP contribution in [-0.4, -0.2) is 47.3 Å². The summed E-state index contributed by atoms with van der Waals surface area (Å²) >= 11 is 3.38. The third-order valence-electron chi connectivity index (χ3n) is 3.14. The lowest BCUT2D eigenvalue weighted by Gasteiger charge is -2.30. The van der Waals surface area contributed by atoms with Gasteiger partial charge in [-0.2, -0.15) is 5.10 Å². The zero-order valence-corrected chi connectivity index (χ0v) is 11.6. The largest absolute Gasteiger partial charge is 0.381 e. The molecule has 1 aliphatic rings. The van der Waals surface area contributed by atoms with Crippen LogP contribution in [0.3, 0.4) is 0 Å². The quantitative estimate of drug-likeness (QED) is 0.905. The molecule has 0 atom stereocenters. The highest BCUT2D eigenvalue weighted by molar-refractivity contribution is 9.10. The highest BCUT2D eigenvalue weighted by Gasteiger charge is 2.26. The van der Waals surface area contributed by atoms with Gasteiger partial charge in [0.2, 0.25) is 0 Å². The first kappa shape index (κ1) is 12.6. The van der Waals surface area contributed by atoms with Crippen molar-refractivity contribution in [2.24, 2.45) is 0 Å².